The van der Waals surface area contributed by atoms with E-state index in [1.54, 1.807) is 54.8 Å². The Morgan fingerprint density at radius 1 is 1.19 bits per heavy atom. The van der Waals surface area contributed by atoms with Crippen molar-refractivity contribution in [2.45, 2.75) is 20.0 Å². The number of carbonyl (C=O) groups is 1. The van der Waals surface area contributed by atoms with Gasteiger partial charge in [-0.25, -0.2) is 9.07 Å². The van der Waals surface area contributed by atoms with Gasteiger partial charge < -0.3 is 9.32 Å². The quantitative estimate of drug-likeness (QED) is 0.363. The van der Waals surface area contributed by atoms with Gasteiger partial charge in [-0.2, -0.15) is 5.10 Å². The summed E-state index contributed by atoms with van der Waals surface area (Å²) < 4.78 is 20.2. The van der Waals surface area contributed by atoms with Crippen LogP contribution in [-0.2, 0) is 17.9 Å². The van der Waals surface area contributed by atoms with Gasteiger partial charge in [0.1, 0.15) is 16.7 Å². The summed E-state index contributed by atoms with van der Waals surface area (Å²) >= 11 is 6.52. The van der Waals surface area contributed by atoms with E-state index in [2.05, 4.69) is 10.1 Å². The Bertz CT molecular complexity index is 1220. The van der Waals surface area contributed by atoms with E-state index >= 15 is 0 Å². The Balaban J connectivity index is 1.57. The van der Waals surface area contributed by atoms with Gasteiger partial charge in [-0.15, -0.1) is 0 Å². The minimum absolute atomic E-state index is 0.213. The van der Waals surface area contributed by atoms with Gasteiger partial charge in [0.2, 0.25) is 5.91 Å². The smallest absolute Gasteiger partial charge is 0.247 e. The van der Waals surface area contributed by atoms with Crippen LogP contribution >= 0.6 is 11.6 Å². The van der Waals surface area contributed by atoms with Crippen molar-refractivity contribution in [3.8, 4) is 5.69 Å². The molecular formula is C24H20ClFN4O2. The number of amides is 1. The zero-order chi connectivity index (χ0) is 22.5. The third-order valence-electron chi connectivity index (χ3n) is 4.85. The van der Waals surface area contributed by atoms with Crippen LogP contribution in [0.2, 0.25) is 5.15 Å². The number of aromatic nitrogens is 3. The van der Waals surface area contributed by atoms with Crippen LogP contribution in [0.25, 0.3) is 11.8 Å². The van der Waals surface area contributed by atoms with Crippen molar-refractivity contribution in [3.05, 3.63) is 107 Å². The average Bonchev–Trinajstić information content (AvgIpc) is 3.41. The van der Waals surface area contributed by atoms with E-state index in [0.717, 1.165) is 5.56 Å². The number of hydrogen-bond donors (Lipinski definition) is 0. The Kier molecular flexibility index (Phi) is 6.47. The van der Waals surface area contributed by atoms with Gasteiger partial charge in [0.25, 0.3) is 0 Å². The van der Waals surface area contributed by atoms with Crippen molar-refractivity contribution in [1.82, 2.24) is 19.7 Å². The highest BCUT2D eigenvalue weighted by Gasteiger charge is 2.16. The van der Waals surface area contributed by atoms with Crippen LogP contribution in [0.4, 0.5) is 4.39 Å². The fraction of sp³-hybridized carbons (Fsp3) is 0.125. The number of carbonyl (C=O) groups excluding carboxylic acids is 1. The molecule has 0 bridgehead atoms. The van der Waals surface area contributed by atoms with Gasteiger partial charge in [-0.05, 0) is 61.0 Å². The molecule has 0 spiro atoms. The topological polar surface area (TPSA) is 64.2 Å². The maximum atomic E-state index is 13.2. The standard InChI is InChI=1S/C24H20ClFN4O2/c1-17-22(24(25)30(28-17)20-8-6-19(26)7-9-20)10-11-23(31)29(16-21-5-3-13-32-21)15-18-4-2-12-27-14-18/h2-14H,15-16H2,1H3. The van der Waals surface area contributed by atoms with E-state index in [1.807, 2.05) is 18.2 Å². The predicted octanol–water partition coefficient (Wildman–Crippen LogP) is 5.20. The molecule has 6 nitrogen and oxygen atoms in total. The molecule has 0 aliphatic heterocycles. The van der Waals surface area contributed by atoms with Crippen molar-refractivity contribution in [1.29, 1.82) is 0 Å². The lowest BCUT2D eigenvalue weighted by atomic mass is 10.2. The van der Waals surface area contributed by atoms with Gasteiger partial charge in [0.15, 0.2) is 0 Å². The summed E-state index contributed by atoms with van der Waals surface area (Å²) in [5, 5.41) is 4.76. The molecule has 0 aliphatic rings. The van der Waals surface area contributed by atoms with E-state index in [-0.39, 0.29) is 11.7 Å². The number of aryl methyl sites for hydroxylation is 1. The second-order valence-electron chi connectivity index (χ2n) is 7.15. The van der Waals surface area contributed by atoms with Crippen LogP contribution < -0.4 is 0 Å². The molecule has 0 fully saturated rings. The Labute approximate surface area is 189 Å². The number of nitrogens with zero attached hydrogens (tertiary/aromatic N) is 4. The minimum Gasteiger partial charge on any atom is -0.467 e. The number of rotatable bonds is 7. The summed E-state index contributed by atoms with van der Waals surface area (Å²) in [5.74, 6) is 0.119. The number of pyridine rings is 1. The molecule has 0 unspecified atom stereocenters. The first kappa shape index (κ1) is 21.5. The summed E-state index contributed by atoms with van der Waals surface area (Å²) in [6, 6.07) is 13.2. The molecule has 3 heterocycles. The second kappa shape index (κ2) is 9.62. The molecule has 162 valence electrons. The average molecular weight is 451 g/mol. The first-order valence-electron chi connectivity index (χ1n) is 9.90. The SMILES string of the molecule is Cc1nn(-c2ccc(F)cc2)c(Cl)c1C=CC(=O)N(Cc1cccnc1)Cc1ccco1. The number of benzene rings is 1. The van der Waals surface area contributed by atoms with Crippen molar-refractivity contribution < 1.29 is 13.6 Å². The maximum Gasteiger partial charge on any atom is 0.247 e. The fourth-order valence-electron chi connectivity index (χ4n) is 3.23. The van der Waals surface area contributed by atoms with Crippen molar-refractivity contribution in [2.24, 2.45) is 0 Å². The lowest BCUT2D eigenvalue weighted by Gasteiger charge is -2.20. The molecule has 0 saturated heterocycles. The lowest BCUT2D eigenvalue weighted by molar-refractivity contribution is -0.127. The summed E-state index contributed by atoms with van der Waals surface area (Å²) in [6.45, 7) is 2.48. The van der Waals surface area contributed by atoms with E-state index in [0.29, 0.717) is 40.9 Å². The van der Waals surface area contributed by atoms with E-state index in [4.69, 9.17) is 16.0 Å². The molecule has 0 atom stereocenters. The molecular weight excluding hydrogens is 431 g/mol. The Morgan fingerprint density at radius 3 is 2.69 bits per heavy atom. The third-order valence-corrected chi connectivity index (χ3v) is 5.21. The van der Waals surface area contributed by atoms with Crippen molar-refractivity contribution in [2.75, 3.05) is 0 Å². The summed E-state index contributed by atoms with van der Waals surface area (Å²) in [6.07, 6.45) is 8.09. The van der Waals surface area contributed by atoms with Crippen molar-refractivity contribution in [3.63, 3.8) is 0 Å². The van der Waals surface area contributed by atoms with Crippen LogP contribution in [0.1, 0.15) is 22.6 Å². The Morgan fingerprint density at radius 2 is 2.00 bits per heavy atom. The molecule has 1 amide bonds. The highest BCUT2D eigenvalue weighted by atomic mass is 35.5. The minimum atomic E-state index is -0.343. The van der Waals surface area contributed by atoms with Gasteiger partial charge >= 0.3 is 0 Å². The zero-order valence-electron chi connectivity index (χ0n) is 17.3. The largest absolute Gasteiger partial charge is 0.467 e. The molecule has 4 rings (SSSR count). The van der Waals surface area contributed by atoms with E-state index in [9.17, 15) is 9.18 Å². The lowest BCUT2D eigenvalue weighted by Crippen LogP contribution is -2.28. The summed E-state index contributed by atoms with van der Waals surface area (Å²) in [4.78, 5) is 18.8. The molecule has 0 saturated carbocycles. The molecule has 0 aliphatic carbocycles. The first-order valence-corrected chi connectivity index (χ1v) is 10.3. The number of furan rings is 1. The number of hydrogen-bond acceptors (Lipinski definition) is 4. The number of halogens is 2. The van der Waals surface area contributed by atoms with Crippen LogP contribution in [0.3, 0.4) is 0 Å². The summed E-state index contributed by atoms with van der Waals surface area (Å²) in [5.41, 5.74) is 2.79. The molecule has 1 aromatic carbocycles. The van der Waals surface area contributed by atoms with E-state index in [1.165, 1.54) is 22.9 Å². The maximum absolute atomic E-state index is 13.2. The predicted molar refractivity (Wildman–Crippen MR) is 120 cm³/mol. The normalized spacial score (nSPS) is 11.2. The zero-order valence-corrected chi connectivity index (χ0v) is 18.0. The Hall–Kier alpha value is -3.71. The molecule has 0 radical (unpaired) electrons. The van der Waals surface area contributed by atoms with Gasteiger partial charge in [-0.3, -0.25) is 9.78 Å². The summed E-state index contributed by atoms with van der Waals surface area (Å²) in [7, 11) is 0. The first-order chi connectivity index (χ1) is 15.5. The van der Waals surface area contributed by atoms with Crippen LogP contribution in [0, 0.1) is 12.7 Å². The molecule has 32 heavy (non-hydrogen) atoms. The highest BCUT2D eigenvalue weighted by Crippen LogP contribution is 2.25. The van der Waals surface area contributed by atoms with Gasteiger partial charge in [0.05, 0.1) is 24.2 Å². The molecule has 4 aromatic rings. The van der Waals surface area contributed by atoms with E-state index < -0.39 is 0 Å². The fourth-order valence-corrected chi connectivity index (χ4v) is 3.56. The van der Waals surface area contributed by atoms with Crippen LogP contribution in [-0.4, -0.2) is 25.6 Å². The van der Waals surface area contributed by atoms with Crippen LogP contribution in [0.15, 0.2) is 77.7 Å². The third kappa shape index (κ3) is 4.95. The highest BCUT2D eigenvalue weighted by molar-refractivity contribution is 6.31. The van der Waals surface area contributed by atoms with Gasteiger partial charge in [0, 0.05) is 30.6 Å². The molecule has 3 aromatic heterocycles. The monoisotopic (exact) mass is 450 g/mol. The van der Waals surface area contributed by atoms with Crippen LogP contribution in [0.5, 0.6) is 0 Å². The van der Waals surface area contributed by atoms with Gasteiger partial charge in [-0.1, -0.05) is 17.7 Å². The van der Waals surface area contributed by atoms with Crippen molar-refractivity contribution >= 4 is 23.6 Å². The molecule has 0 N–H and O–H groups in total. The second-order valence-corrected chi connectivity index (χ2v) is 7.50. The molecule has 8 heteroatoms.